The van der Waals surface area contributed by atoms with Gasteiger partial charge in [0.15, 0.2) is 0 Å². The molecular formula is C24H18Na4O12S4. The van der Waals surface area contributed by atoms with Crippen molar-refractivity contribution in [2.75, 3.05) is 0 Å². The minimum absolute atomic E-state index is 0. The van der Waals surface area contributed by atoms with E-state index in [4.69, 9.17) is 0 Å². The van der Waals surface area contributed by atoms with Crippen molar-refractivity contribution in [2.24, 2.45) is 0 Å². The van der Waals surface area contributed by atoms with E-state index in [2.05, 4.69) is 18.7 Å². The summed E-state index contributed by atoms with van der Waals surface area (Å²) in [5.41, 5.74) is 1.76. The monoisotopic (exact) mass is 718 g/mol. The summed E-state index contributed by atoms with van der Waals surface area (Å²) in [6.07, 6.45) is 0.498. The smallest absolute Gasteiger partial charge is 0.744 e. The van der Waals surface area contributed by atoms with E-state index in [1.165, 1.54) is 48.5 Å². The molecule has 4 aromatic rings. The van der Waals surface area contributed by atoms with E-state index in [-0.39, 0.29) is 153 Å². The molecule has 4 rings (SSSR count). The summed E-state index contributed by atoms with van der Waals surface area (Å²) in [5, 5.41) is 28.3. The van der Waals surface area contributed by atoms with E-state index in [1.54, 1.807) is 13.8 Å². The van der Waals surface area contributed by atoms with E-state index < -0.39 is 30.0 Å². The van der Waals surface area contributed by atoms with Gasteiger partial charge in [-0.05, 0) is 93.0 Å². The molecule has 0 unspecified atom stereocenters. The summed E-state index contributed by atoms with van der Waals surface area (Å²) in [4.78, 5) is -0.297. The molecule has 0 heterocycles. The largest absolute Gasteiger partial charge is 1.00 e. The van der Waals surface area contributed by atoms with Crippen LogP contribution in [0.2, 0.25) is 0 Å². The first-order chi connectivity index (χ1) is 18.9. The Hall–Kier alpha value is 1.68. The maximum atomic E-state index is 12.3. The fraction of sp³-hybridized carbons (Fsp3) is 0.167. The Morgan fingerprint density at radius 3 is 1.20 bits per heavy atom. The number of aryl methyl sites for hydroxylation is 2. The van der Waals surface area contributed by atoms with Crippen LogP contribution < -0.4 is 129 Å². The molecule has 4 aromatic carbocycles. The maximum absolute atomic E-state index is 12.3. The van der Waals surface area contributed by atoms with Crippen molar-refractivity contribution in [3.63, 3.8) is 0 Å². The molecule has 12 nitrogen and oxygen atoms in total. The predicted octanol–water partition coefficient (Wildman–Crippen LogP) is -8.93. The average molecular weight is 719 g/mol. The van der Waals surface area contributed by atoms with Gasteiger partial charge in [-0.1, -0.05) is 26.0 Å². The van der Waals surface area contributed by atoms with Crippen LogP contribution in [0.3, 0.4) is 0 Å². The second-order valence-corrected chi connectivity index (χ2v) is 12.5. The maximum Gasteiger partial charge on any atom is 1.00 e. The molecule has 0 radical (unpaired) electrons. The molecule has 0 N–H and O–H groups in total. The normalized spacial score (nSPS) is 11.3. The van der Waals surface area contributed by atoms with Crippen molar-refractivity contribution in [3.8, 4) is 11.1 Å². The minimum atomic E-state index is -4.94. The zero-order chi connectivity index (χ0) is 29.2. The van der Waals surface area contributed by atoms with E-state index in [0.29, 0.717) is 56.1 Å². The zero-order valence-corrected chi connectivity index (χ0v) is 35.8. The van der Waals surface area contributed by atoms with Crippen LogP contribution in [0.4, 0.5) is 0 Å². The first-order valence-electron chi connectivity index (χ1n) is 11.3. The molecule has 0 fully saturated rings. The Bertz CT molecular complexity index is 1690. The molecular weight excluding hydrogens is 700 g/mol. The van der Waals surface area contributed by atoms with Gasteiger partial charge in [-0.15, -0.1) is 0 Å². The molecule has 0 bridgehead atoms. The number of hydrogen-bond acceptors (Lipinski definition) is 14. The summed E-state index contributed by atoms with van der Waals surface area (Å²) in [6, 6.07) is 11.1. The fourth-order valence-electron chi connectivity index (χ4n) is 4.62. The van der Waals surface area contributed by atoms with Gasteiger partial charge in [-0.3, -0.25) is 10.1 Å². The molecule has 44 heavy (non-hydrogen) atoms. The molecule has 0 atom stereocenters. The van der Waals surface area contributed by atoms with Gasteiger partial charge in [-0.25, -0.2) is 16.8 Å². The van der Waals surface area contributed by atoms with Gasteiger partial charge in [0.2, 0.25) is 0 Å². The topological polar surface area (TPSA) is 197 Å². The summed E-state index contributed by atoms with van der Waals surface area (Å²) in [6.45, 7) is 3.48. The van der Waals surface area contributed by atoms with Crippen molar-refractivity contribution >= 4 is 65.9 Å². The fourth-order valence-corrected chi connectivity index (χ4v) is 6.88. The van der Waals surface area contributed by atoms with Crippen LogP contribution in [0.25, 0.3) is 32.7 Å². The molecule has 0 aliphatic heterocycles. The van der Waals surface area contributed by atoms with Crippen LogP contribution in [0.15, 0.2) is 68.1 Å². The van der Waals surface area contributed by atoms with Crippen LogP contribution in [-0.4, -0.2) is 25.9 Å². The Kier molecular flexibility index (Phi) is 20.5. The second-order valence-electron chi connectivity index (χ2n) is 8.29. The van der Waals surface area contributed by atoms with Gasteiger partial charge >= 0.3 is 118 Å². The van der Waals surface area contributed by atoms with E-state index in [1.807, 2.05) is 0 Å². The van der Waals surface area contributed by atoms with Gasteiger partial charge < -0.3 is 19.6 Å². The second kappa shape index (κ2) is 19.8. The molecule has 0 aromatic heterocycles. The van der Waals surface area contributed by atoms with Crippen molar-refractivity contribution in [3.05, 3.63) is 59.7 Å². The quantitative estimate of drug-likeness (QED) is 0.0466. The van der Waals surface area contributed by atoms with Crippen molar-refractivity contribution in [1.82, 2.24) is 0 Å². The molecule has 0 spiro atoms. The SMILES string of the molecule is CCc1cc(S(=O)(=O)[O-])c2ccc(SOO[O-])cc2c1-c1c(CC)cc(S(=O)(=O)[O-])c2ccc(SOO[O-])cc12.[Na+].[Na+].[Na+].[Na+]. The van der Waals surface area contributed by atoms with Gasteiger partial charge in [0, 0.05) is 9.79 Å². The number of hydrogen-bond donors (Lipinski definition) is 0. The van der Waals surface area contributed by atoms with E-state index in [0.717, 1.165) is 0 Å². The van der Waals surface area contributed by atoms with Gasteiger partial charge in [0.05, 0.1) is 33.9 Å². The van der Waals surface area contributed by atoms with Crippen LogP contribution in [0, 0.1) is 0 Å². The Morgan fingerprint density at radius 1 is 0.591 bits per heavy atom. The number of benzene rings is 4. The average Bonchev–Trinajstić information content (AvgIpc) is 2.91. The van der Waals surface area contributed by atoms with Crippen LogP contribution in [0.1, 0.15) is 25.0 Å². The third-order valence-electron chi connectivity index (χ3n) is 6.17. The summed E-state index contributed by atoms with van der Waals surface area (Å²) >= 11 is 1.10. The number of rotatable bonds is 11. The first-order valence-corrected chi connectivity index (χ1v) is 15.6. The third-order valence-corrected chi connectivity index (χ3v) is 9.06. The van der Waals surface area contributed by atoms with Crippen LogP contribution in [-0.2, 0) is 51.8 Å². The van der Waals surface area contributed by atoms with Crippen LogP contribution in [0.5, 0.6) is 0 Å². The third kappa shape index (κ3) is 10.3. The van der Waals surface area contributed by atoms with Crippen molar-refractivity contribution < 1.29 is 173 Å². The van der Waals surface area contributed by atoms with E-state index in [9.17, 15) is 36.5 Å². The van der Waals surface area contributed by atoms with Gasteiger partial charge in [0.1, 0.15) is 20.2 Å². The summed E-state index contributed by atoms with van der Waals surface area (Å²) < 4.78 is 82.3. The molecule has 0 aliphatic rings. The van der Waals surface area contributed by atoms with E-state index >= 15 is 0 Å². The molecule has 0 amide bonds. The molecule has 0 aliphatic carbocycles. The van der Waals surface area contributed by atoms with Gasteiger partial charge in [-0.2, -0.15) is 8.67 Å². The van der Waals surface area contributed by atoms with Crippen molar-refractivity contribution in [1.29, 1.82) is 0 Å². The Balaban J connectivity index is 0.00000462. The zero-order valence-electron chi connectivity index (χ0n) is 24.6. The molecule has 20 heteroatoms. The molecule has 0 saturated carbocycles. The molecule has 214 valence electrons. The first kappa shape index (κ1) is 45.7. The molecule has 0 saturated heterocycles. The predicted molar refractivity (Wildman–Crippen MR) is 138 cm³/mol. The van der Waals surface area contributed by atoms with Crippen LogP contribution >= 0.6 is 24.1 Å². The Morgan fingerprint density at radius 2 is 0.932 bits per heavy atom. The van der Waals surface area contributed by atoms with Gasteiger partial charge in [0.25, 0.3) is 0 Å². The summed E-state index contributed by atoms with van der Waals surface area (Å²) in [7, 11) is -9.88. The Labute approximate surface area is 351 Å². The van der Waals surface area contributed by atoms with Crippen molar-refractivity contribution in [2.45, 2.75) is 46.3 Å². The summed E-state index contributed by atoms with van der Waals surface area (Å²) in [5.74, 6) is 0. The standard InChI is InChI=1S/C24H22O12S4.4Na/c1-3-13-9-21(39(27,28)29)17-7-5-15(37-35-33-25)11-19(17)23(13)24-14(4-2)10-22(40(30,31)32)18-8-6-16(12-20(18)24)38-36-34-26;;;;/h5-12,25-26H,3-4H2,1-2H3,(H,27,28,29)(H,30,31,32);;;;/q;4*+1/p-4. The number of fused-ring (bicyclic) bond motifs is 2. The minimum Gasteiger partial charge on any atom is -0.744 e.